The summed E-state index contributed by atoms with van der Waals surface area (Å²) in [7, 11) is 0. The van der Waals surface area contributed by atoms with Gasteiger partial charge in [-0.3, -0.25) is 9.59 Å². The van der Waals surface area contributed by atoms with Crippen LogP contribution in [0.5, 0.6) is 0 Å². The molecule has 160 valence electrons. The van der Waals surface area contributed by atoms with Gasteiger partial charge in [-0.15, -0.1) is 0 Å². The molecule has 4 rings (SSSR count). The lowest BCUT2D eigenvalue weighted by molar-refractivity contribution is -0.127. The fraction of sp³-hybridized carbons (Fsp3) is 0.273. The zero-order chi connectivity index (χ0) is 21.8. The highest BCUT2D eigenvalue weighted by atomic mass is 16.3. The Morgan fingerprint density at radius 3 is 2.77 bits per heavy atom. The van der Waals surface area contributed by atoms with Gasteiger partial charge in [0.2, 0.25) is 5.91 Å². The first-order valence-electron chi connectivity index (χ1n) is 10.1. The Labute approximate surface area is 179 Å². The molecule has 2 unspecified atom stereocenters. The van der Waals surface area contributed by atoms with Crippen molar-refractivity contribution in [1.82, 2.24) is 25.4 Å². The predicted octanol–water partition coefficient (Wildman–Crippen LogP) is 0.100. The van der Waals surface area contributed by atoms with Gasteiger partial charge in [-0.2, -0.15) is 5.10 Å². The number of rotatable bonds is 7. The van der Waals surface area contributed by atoms with Crippen molar-refractivity contribution in [2.45, 2.75) is 31.5 Å². The highest BCUT2D eigenvalue weighted by Gasteiger charge is 2.28. The number of aliphatic hydroxyl groups is 1. The molecule has 0 fully saturated rings. The second-order valence-electron chi connectivity index (χ2n) is 7.46. The van der Waals surface area contributed by atoms with E-state index in [0.717, 1.165) is 29.8 Å². The van der Waals surface area contributed by atoms with Gasteiger partial charge in [0.25, 0.3) is 5.91 Å². The highest BCUT2D eigenvalue weighted by molar-refractivity contribution is 5.97. The summed E-state index contributed by atoms with van der Waals surface area (Å²) >= 11 is 0. The fourth-order valence-electron chi connectivity index (χ4n) is 3.65. The van der Waals surface area contributed by atoms with E-state index in [4.69, 9.17) is 5.73 Å². The van der Waals surface area contributed by atoms with Crippen LogP contribution in [0.25, 0.3) is 5.82 Å². The van der Waals surface area contributed by atoms with E-state index in [9.17, 15) is 14.7 Å². The van der Waals surface area contributed by atoms with Crippen molar-refractivity contribution in [3.63, 3.8) is 0 Å². The summed E-state index contributed by atoms with van der Waals surface area (Å²) in [6.45, 7) is 1.54. The maximum absolute atomic E-state index is 13.1. The summed E-state index contributed by atoms with van der Waals surface area (Å²) in [5.74, 6) is -1.00. The number of benzene rings is 1. The van der Waals surface area contributed by atoms with Crippen molar-refractivity contribution in [3.8, 4) is 5.82 Å². The lowest BCUT2D eigenvalue weighted by atomic mass is 10.0. The molecule has 2 amide bonds. The Morgan fingerprint density at radius 2 is 2.03 bits per heavy atom. The Hall–Kier alpha value is -3.56. The number of aromatic nitrogens is 3. The molecule has 0 saturated heterocycles. The molecule has 0 aliphatic carbocycles. The molecular weight excluding hydrogens is 396 g/mol. The average molecular weight is 420 g/mol. The smallest absolute Gasteiger partial charge is 0.255 e. The standard InChI is InChI=1S/C22H24N6O3/c23-20(30)19(29)17(11-14-5-2-1-3-6-14)26-22(31)16-7-4-9-25-21(16)28-13-15-8-10-24-12-18(15)27-28/h1-7,9,13,17,19,24,29H,8,10-12H2,(H2,23,30)(H,26,31). The third-order valence-corrected chi connectivity index (χ3v) is 5.28. The molecule has 0 bridgehead atoms. The van der Waals surface area contributed by atoms with E-state index in [2.05, 4.69) is 20.7 Å². The number of carbonyl (C=O) groups is 2. The molecule has 9 nitrogen and oxygen atoms in total. The normalized spacial score (nSPS) is 15.0. The largest absolute Gasteiger partial charge is 0.381 e. The van der Waals surface area contributed by atoms with E-state index in [1.54, 1.807) is 23.0 Å². The Morgan fingerprint density at radius 1 is 1.23 bits per heavy atom. The first-order valence-corrected chi connectivity index (χ1v) is 10.1. The summed E-state index contributed by atoms with van der Waals surface area (Å²) in [4.78, 5) is 29.1. The van der Waals surface area contributed by atoms with Gasteiger partial charge in [-0.25, -0.2) is 9.67 Å². The van der Waals surface area contributed by atoms with Crippen molar-refractivity contribution in [1.29, 1.82) is 0 Å². The zero-order valence-corrected chi connectivity index (χ0v) is 16.9. The van der Waals surface area contributed by atoms with Crippen LogP contribution in [0.3, 0.4) is 0 Å². The van der Waals surface area contributed by atoms with E-state index in [0.29, 0.717) is 12.4 Å². The van der Waals surface area contributed by atoms with Gasteiger partial charge in [-0.05, 0) is 42.6 Å². The molecule has 1 aliphatic rings. The van der Waals surface area contributed by atoms with E-state index >= 15 is 0 Å². The topological polar surface area (TPSA) is 135 Å². The van der Waals surface area contributed by atoms with E-state index < -0.39 is 24.0 Å². The summed E-state index contributed by atoms with van der Waals surface area (Å²) < 4.78 is 1.60. The molecular formula is C22H24N6O3. The molecule has 0 spiro atoms. The van der Waals surface area contributed by atoms with Crippen LogP contribution in [-0.4, -0.2) is 50.4 Å². The number of aliphatic hydroxyl groups excluding tert-OH is 1. The maximum atomic E-state index is 13.1. The summed E-state index contributed by atoms with van der Waals surface area (Å²) in [6.07, 6.45) is 3.04. The quantitative estimate of drug-likeness (QED) is 0.428. The average Bonchev–Trinajstić information content (AvgIpc) is 3.23. The molecule has 5 N–H and O–H groups in total. The molecule has 0 radical (unpaired) electrons. The number of nitrogens with one attached hydrogen (secondary N) is 2. The highest BCUT2D eigenvalue weighted by Crippen LogP contribution is 2.17. The van der Waals surface area contributed by atoms with Crippen molar-refractivity contribution in [2.24, 2.45) is 5.73 Å². The monoisotopic (exact) mass is 420 g/mol. The third kappa shape index (κ3) is 4.62. The first-order chi connectivity index (χ1) is 15.0. The Bertz CT molecular complexity index is 1060. The van der Waals surface area contributed by atoms with Crippen LogP contribution in [0.15, 0.2) is 54.9 Å². The zero-order valence-electron chi connectivity index (χ0n) is 16.9. The number of amides is 2. The number of hydrogen-bond donors (Lipinski definition) is 4. The van der Waals surface area contributed by atoms with Crippen LogP contribution in [-0.2, 0) is 24.2 Å². The second kappa shape index (κ2) is 9.07. The van der Waals surface area contributed by atoms with Crippen LogP contribution in [0.2, 0.25) is 0 Å². The first kappa shape index (κ1) is 20.7. The maximum Gasteiger partial charge on any atom is 0.255 e. The molecule has 1 aliphatic heterocycles. The molecule has 2 atom stereocenters. The molecule has 9 heteroatoms. The van der Waals surface area contributed by atoms with Crippen LogP contribution >= 0.6 is 0 Å². The van der Waals surface area contributed by atoms with Crippen molar-refractivity contribution >= 4 is 11.8 Å². The van der Waals surface area contributed by atoms with E-state index in [1.807, 2.05) is 36.5 Å². The van der Waals surface area contributed by atoms with Crippen LogP contribution in [0.4, 0.5) is 0 Å². The number of fused-ring (bicyclic) bond motifs is 1. The van der Waals surface area contributed by atoms with Gasteiger partial charge in [0.1, 0.15) is 0 Å². The molecule has 1 aromatic carbocycles. The van der Waals surface area contributed by atoms with E-state index in [1.165, 1.54) is 0 Å². The van der Waals surface area contributed by atoms with Crippen molar-refractivity contribution < 1.29 is 14.7 Å². The molecule has 3 aromatic rings. The number of nitrogens with zero attached hydrogens (tertiary/aromatic N) is 3. The molecule has 31 heavy (non-hydrogen) atoms. The second-order valence-corrected chi connectivity index (χ2v) is 7.46. The molecule has 2 aromatic heterocycles. The van der Waals surface area contributed by atoms with Gasteiger partial charge < -0.3 is 21.5 Å². The Balaban J connectivity index is 1.61. The number of carbonyl (C=O) groups excluding carboxylic acids is 2. The number of primary amides is 1. The third-order valence-electron chi connectivity index (χ3n) is 5.28. The number of hydrogen-bond acceptors (Lipinski definition) is 6. The van der Waals surface area contributed by atoms with E-state index in [-0.39, 0.29) is 12.0 Å². The van der Waals surface area contributed by atoms with Crippen molar-refractivity contribution in [2.75, 3.05) is 6.54 Å². The van der Waals surface area contributed by atoms with Crippen molar-refractivity contribution in [3.05, 3.63) is 77.2 Å². The van der Waals surface area contributed by atoms with Gasteiger partial charge in [0.05, 0.1) is 17.3 Å². The van der Waals surface area contributed by atoms with Gasteiger partial charge in [0.15, 0.2) is 11.9 Å². The molecule has 3 heterocycles. The number of nitrogens with two attached hydrogens (primary N) is 1. The van der Waals surface area contributed by atoms with Gasteiger partial charge in [0, 0.05) is 18.9 Å². The minimum atomic E-state index is -1.53. The molecule has 0 saturated carbocycles. The fourth-order valence-corrected chi connectivity index (χ4v) is 3.65. The lowest BCUT2D eigenvalue weighted by Crippen LogP contribution is -2.50. The lowest BCUT2D eigenvalue weighted by Gasteiger charge is -2.22. The summed E-state index contributed by atoms with van der Waals surface area (Å²) in [6, 6.07) is 11.7. The minimum absolute atomic E-state index is 0.244. The summed E-state index contributed by atoms with van der Waals surface area (Å²) in [5.41, 5.74) is 8.48. The van der Waals surface area contributed by atoms with Crippen LogP contribution in [0.1, 0.15) is 27.2 Å². The van der Waals surface area contributed by atoms with Gasteiger partial charge >= 0.3 is 0 Å². The van der Waals surface area contributed by atoms with Gasteiger partial charge in [-0.1, -0.05) is 30.3 Å². The van der Waals surface area contributed by atoms with Crippen LogP contribution in [0, 0.1) is 0 Å². The number of pyridine rings is 1. The minimum Gasteiger partial charge on any atom is -0.381 e. The van der Waals surface area contributed by atoms with Crippen LogP contribution < -0.4 is 16.4 Å². The Kier molecular flexibility index (Phi) is 6.06. The summed E-state index contributed by atoms with van der Waals surface area (Å²) in [5, 5.41) is 20.9. The SMILES string of the molecule is NC(=O)C(O)C(Cc1ccccc1)NC(=O)c1cccnc1-n1cc2c(n1)CNCC2. The predicted molar refractivity (Wildman–Crippen MR) is 113 cm³/mol.